The molecule has 1 aromatic carbocycles. The molecule has 1 aromatic rings. The van der Waals surface area contributed by atoms with E-state index < -0.39 is 4.23 Å². The zero-order chi connectivity index (χ0) is 10.9. The number of alkyl halides is 2. The van der Waals surface area contributed by atoms with E-state index in [4.69, 9.17) is 34.8 Å². The molecule has 0 unspecified atom stereocenters. The van der Waals surface area contributed by atoms with Gasteiger partial charge in [0.2, 0.25) is 6.71 Å². The van der Waals surface area contributed by atoms with Crippen LogP contribution in [0.25, 0.3) is 0 Å². The first-order valence-electron chi connectivity index (χ1n) is 4.59. The number of halogens is 3. The fourth-order valence-corrected chi connectivity index (χ4v) is 2.26. The van der Waals surface area contributed by atoms with Crippen molar-refractivity contribution in [2.24, 2.45) is 0 Å². The molecular weight excluding hydrogens is 249 g/mol. The third-order valence-corrected chi connectivity index (χ3v) is 3.35. The highest BCUT2D eigenvalue weighted by Crippen LogP contribution is 2.29. The van der Waals surface area contributed by atoms with Crippen LogP contribution in [0.2, 0.25) is 5.02 Å². The number of allylic oxidation sites excluding steroid dienone is 3. The third kappa shape index (κ3) is 2.42. The van der Waals surface area contributed by atoms with E-state index in [2.05, 4.69) is 0 Å². The van der Waals surface area contributed by atoms with Gasteiger partial charge in [0.05, 0.1) is 0 Å². The van der Waals surface area contributed by atoms with Gasteiger partial charge < -0.3 is 0 Å². The average molecular weight is 257 g/mol. The highest BCUT2D eigenvalue weighted by molar-refractivity contribution is 6.95. The van der Waals surface area contributed by atoms with Crippen molar-refractivity contribution in [2.75, 3.05) is 0 Å². The molecule has 0 nitrogen and oxygen atoms in total. The summed E-state index contributed by atoms with van der Waals surface area (Å²) in [7, 11) is 0. The van der Waals surface area contributed by atoms with Crippen molar-refractivity contribution >= 4 is 47.0 Å². The predicted octanol–water partition coefficient (Wildman–Crippen LogP) is 3.42. The first-order chi connectivity index (χ1) is 7.09. The number of benzene rings is 1. The van der Waals surface area contributed by atoms with Crippen LogP contribution in [0.4, 0.5) is 0 Å². The van der Waals surface area contributed by atoms with Gasteiger partial charge in [-0.15, -0.1) is 29.2 Å². The number of hydrogen-bond acceptors (Lipinski definition) is 0. The summed E-state index contributed by atoms with van der Waals surface area (Å²) in [5.74, 6) is 1.99. The van der Waals surface area contributed by atoms with Crippen LogP contribution >= 0.6 is 34.8 Å². The third-order valence-electron chi connectivity index (χ3n) is 2.38. The molecule has 0 saturated carbocycles. The molecule has 0 amide bonds. The largest absolute Gasteiger partial charge is 0.248 e. The van der Waals surface area contributed by atoms with E-state index >= 15 is 0 Å². The fourth-order valence-electron chi connectivity index (χ4n) is 1.59. The van der Waals surface area contributed by atoms with Crippen molar-refractivity contribution in [1.82, 2.24) is 0 Å². The SMILES string of the molecule is Clc1ccc(B2C=CC=CC2(Cl)Cl)cc1. The number of rotatable bonds is 1. The average Bonchev–Trinajstić information content (AvgIpc) is 2.19. The molecule has 0 bridgehead atoms. The molecule has 15 heavy (non-hydrogen) atoms. The normalized spacial score (nSPS) is 18.2. The Hall–Kier alpha value is -0.365. The van der Waals surface area contributed by atoms with E-state index in [9.17, 15) is 0 Å². The summed E-state index contributed by atoms with van der Waals surface area (Å²) in [6.45, 7) is -0.0249. The lowest BCUT2D eigenvalue weighted by Gasteiger charge is -2.24. The van der Waals surface area contributed by atoms with Crippen LogP contribution in [-0.4, -0.2) is 10.9 Å². The zero-order valence-corrected chi connectivity index (χ0v) is 10.1. The Kier molecular flexibility index (Phi) is 3.15. The maximum absolute atomic E-state index is 6.21. The summed E-state index contributed by atoms with van der Waals surface area (Å²) in [6, 6.07) is 7.56. The van der Waals surface area contributed by atoms with Gasteiger partial charge in [-0.3, -0.25) is 0 Å². The molecule has 0 radical (unpaired) electrons. The van der Waals surface area contributed by atoms with Crippen molar-refractivity contribution in [3.63, 3.8) is 0 Å². The van der Waals surface area contributed by atoms with Crippen molar-refractivity contribution in [3.8, 4) is 0 Å². The minimum absolute atomic E-state index is 0.0249. The van der Waals surface area contributed by atoms with Crippen LogP contribution in [0.1, 0.15) is 0 Å². The van der Waals surface area contributed by atoms with E-state index in [1.165, 1.54) is 0 Å². The van der Waals surface area contributed by atoms with Gasteiger partial charge in [-0.05, 0) is 12.1 Å². The molecule has 1 aliphatic heterocycles. The molecular formula is C11H8BCl3. The van der Waals surface area contributed by atoms with Crippen LogP contribution in [-0.2, 0) is 0 Å². The van der Waals surface area contributed by atoms with E-state index in [1.54, 1.807) is 6.08 Å². The Labute approximate surface area is 105 Å². The summed E-state index contributed by atoms with van der Waals surface area (Å²) < 4.78 is -0.872. The van der Waals surface area contributed by atoms with Gasteiger partial charge in [0.15, 0.2) is 0 Å². The Morgan fingerprint density at radius 2 is 1.67 bits per heavy atom. The van der Waals surface area contributed by atoms with Gasteiger partial charge in [-0.25, -0.2) is 0 Å². The molecule has 0 N–H and O–H groups in total. The van der Waals surface area contributed by atoms with Crippen molar-refractivity contribution in [3.05, 3.63) is 53.5 Å². The first-order valence-corrected chi connectivity index (χ1v) is 5.72. The highest BCUT2D eigenvalue weighted by Gasteiger charge is 2.36. The molecule has 0 spiro atoms. The molecule has 0 atom stereocenters. The van der Waals surface area contributed by atoms with Gasteiger partial charge in [-0.1, -0.05) is 47.4 Å². The first kappa shape index (κ1) is 11.1. The van der Waals surface area contributed by atoms with Crippen LogP contribution in [0.5, 0.6) is 0 Å². The van der Waals surface area contributed by atoms with Crippen LogP contribution in [0, 0.1) is 0 Å². The lowest BCUT2D eigenvalue weighted by molar-refractivity contribution is 1.39. The van der Waals surface area contributed by atoms with Crippen molar-refractivity contribution in [2.45, 2.75) is 4.23 Å². The monoisotopic (exact) mass is 256 g/mol. The molecule has 0 fully saturated rings. The minimum atomic E-state index is -0.872. The second kappa shape index (κ2) is 4.25. The Bertz CT molecular complexity index is 406. The van der Waals surface area contributed by atoms with Crippen molar-refractivity contribution in [1.29, 1.82) is 0 Å². The minimum Gasteiger partial charge on any atom is -0.107 e. The summed E-state index contributed by atoms with van der Waals surface area (Å²) in [4.78, 5) is 0. The van der Waals surface area contributed by atoms with Crippen LogP contribution < -0.4 is 5.46 Å². The molecule has 0 saturated heterocycles. The van der Waals surface area contributed by atoms with Crippen LogP contribution in [0.15, 0.2) is 48.5 Å². The van der Waals surface area contributed by atoms with Crippen molar-refractivity contribution < 1.29 is 0 Å². The second-order valence-electron chi connectivity index (χ2n) is 3.45. The van der Waals surface area contributed by atoms with E-state index in [0.717, 1.165) is 5.46 Å². The molecule has 1 heterocycles. The van der Waals surface area contributed by atoms with Gasteiger partial charge in [0.1, 0.15) is 4.23 Å². The quantitative estimate of drug-likeness (QED) is 0.534. The van der Waals surface area contributed by atoms with E-state index in [1.807, 2.05) is 42.4 Å². The molecule has 4 heteroatoms. The molecule has 76 valence electrons. The van der Waals surface area contributed by atoms with Crippen LogP contribution in [0.3, 0.4) is 0 Å². The second-order valence-corrected chi connectivity index (χ2v) is 5.33. The highest BCUT2D eigenvalue weighted by atomic mass is 35.5. The van der Waals surface area contributed by atoms with Gasteiger partial charge in [0, 0.05) is 5.02 Å². The maximum atomic E-state index is 6.21. The Morgan fingerprint density at radius 1 is 1.00 bits per heavy atom. The van der Waals surface area contributed by atoms with Gasteiger partial charge in [0.25, 0.3) is 0 Å². The van der Waals surface area contributed by atoms with Gasteiger partial charge >= 0.3 is 0 Å². The maximum Gasteiger partial charge on any atom is 0.248 e. The predicted molar refractivity (Wildman–Crippen MR) is 69.6 cm³/mol. The summed E-state index contributed by atoms with van der Waals surface area (Å²) in [6.07, 6.45) is 5.59. The Morgan fingerprint density at radius 3 is 2.27 bits per heavy atom. The molecule has 2 rings (SSSR count). The smallest absolute Gasteiger partial charge is 0.107 e. The fraction of sp³-hybridized carbons (Fsp3) is 0.0909. The zero-order valence-electron chi connectivity index (χ0n) is 7.83. The molecule has 0 aromatic heterocycles. The number of hydrogen-bond donors (Lipinski definition) is 0. The summed E-state index contributed by atoms with van der Waals surface area (Å²) >= 11 is 18.2. The Balaban J connectivity index is 2.35. The summed E-state index contributed by atoms with van der Waals surface area (Å²) in [5, 5.41) is 0.712. The lowest BCUT2D eigenvalue weighted by atomic mass is 9.41. The van der Waals surface area contributed by atoms with Gasteiger partial charge in [-0.2, -0.15) is 0 Å². The summed E-state index contributed by atoms with van der Waals surface area (Å²) in [5.41, 5.74) is 1.06. The van der Waals surface area contributed by atoms with E-state index in [0.29, 0.717) is 5.02 Å². The topological polar surface area (TPSA) is 0 Å². The standard InChI is InChI=1S/C11H8BCl3/c13-10-5-3-9(4-6-10)12-8-2-1-7-11(12,14)15/h1-8H. The lowest BCUT2D eigenvalue weighted by Crippen LogP contribution is -2.44. The van der Waals surface area contributed by atoms with E-state index in [-0.39, 0.29) is 6.71 Å². The molecule has 1 aliphatic rings. The molecule has 0 aliphatic carbocycles.